The van der Waals surface area contributed by atoms with Crippen LogP contribution in [0.2, 0.25) is 19.6 Å². The number of hydrogen-bond donors (Lipinski definition) is 0. The summed E-state index contributed by atoms with van der Waals surface area (Å²) in [6.07, 6.45) is 0.890. The fourth-order valence-electron chi connectivity index (χ4n) is 0.961. The molecule has 0 aromatic rings. The molecular weight excluding hydrogens is 212 g/mol. The summed E-state index contributed by atoms with van der Waals surface area (Å²) in [5.74, 6) is 0. The van der Waals surface area contributed by atoms with Crippen LogP contribution < -0.4 is 0 Å². The van der Waals surface area contributed by atoms with Gasteiger partial charge in [-0.2, -0.15) is 0 Å². The van der Waals surface area contributed by atoms with Crippen molar-refractivity contribution in [3.8, 4) is 0 Å². The molecule has 0 aliphatic heterocycles. The molecular formula is C9H20N2O3Si. The summed E-state index contributed by atoms with van der Waals surface area (Å²) in [4.78, 5) is 10.3. The fourth-order valence-corrected chi connectivity index (χ4v) is 1.39. The second-order valence-electron chi connectivity index (χ2n) is 4.58. The van der Waals surface area contributed by atoms with Gasteiger partial charge in [-0.1, -0.05) is 6.92 Å². The number of nitrogens with zero attached hydrogens (tertiary/aromatic N) is 2. The zero-order valence-corrected chi connectivity index (χ0v) is 11.1. The van der Waals surface area contributed by atoms with Crippen LogP contribution in [0.3, 0.4) is 0 Å². The first-order chi connectivity index (χ1) is 6.76. The lowest BCUT2D eigenvalue weighted by Gasteiger charge is -2.14. The van der Waals surface area contributed by atoms with Gasteiger partial charge in [0.1, 0.15) is 0 Å². The van der Waals surface area contributed by atoms with E-state index in [-0.39, 0.29) is 4.92 Å². The second kappa shape index (κ2) is 5.84. The number of oxime groups is 1. The molecule has 0 N–H and O–H groups in total. The van der Waals surface area contributed by atoms with Crippen molar-refractivity contribution in [1.82, 2.24) is 0 Å². The highest BCUT2D eigenvalue weighted by Crippen LogP contribution is 2.07. The van der Waals surface area contributed by atoms with Crippen LogP contribution in [0, 0.1) is 10.1 Å². The maximum atomic E-state index is 10.6. The molecule has 0 heterocycles. The molecule has 0 bridgehead atoms. The molecule has 0 radical (unpaired) electrons. The highest BCUT2D eigenvalue weighted by molar-refractivity contribution is 6.69. The average molecular weight is 232 g/mol. The van der Waals surface area contributed by atoms with Crippen molar-refractivity contribution in [1.29, 1.82) is 0 Å². The molecule has 0 fully saturated rings. The monoisotopic (exact) mass is 232 g/mol. The Morgan fingerprint density at radius 3 is 2.40 bits per heavy atom. The standard InChI is InChI=1S/C9H20N2O3Si/c1-6-9(11(12)13)7-8(2)10-14-15(3,4)5/h9H,6-7H2,1-5H3/b10-8-. The SMILES string of the molecule is CCC(C/C(C)=N\O[Si](C)(C)C)[N+](=O)[O-]. The van der Waals surface area contributed by atoms with Gasteiger partial charge in [-0.3, -0.25) is 10.1 Å². The number of nitro groups is 1. The van der Waals surface area contributed by atoms with Crippen molar-refractivity contribution in [2.24, 2.45) is 5.16 Å². The van der Waals surface area contributed by atoms with Crippen molar-refractivity contribution in [3.05, 3.63) is 10.1 Å². The van der Waals surface area contributed by atoms with Crippen LogP contribution in [0.15, 0.2) is 5.16 Å². The Balaban J connectivity index is 4.22. The molecule has 5 nitrogen and oxygen atoms in total. The van der Waals surface area contributed by atoms with Crippen LogP contribution in [0.4, 0.5) is 0 Å². The quantitative estimate of drug-likeness (QED) is 0.306. The molecule has 0 saturated carbocycles. The average Bonchev–Trinajstić information content (AvgIpc) is 2.09. The smallest absolute Gasteiger partial charge is 0.278 e. The van der Waals surface area contributed by atoms with E-state index in [1.54, 1.807) is 13.8 Å². The van der Waals surface area contributed by atoms with E-state index in [2.05, 4.69) is 5.16 Å². The van der Waals surface area contributed by atoms with Gasteiger partial charge in [-0.15, -0.1) is 5.16 Å². The zero-order valence-electron chi connectivity index (χ0n) is 10.1. The third kappa shape index (κ3) is 7.07. The van der Waals surface area contributed by atoms with Gasteiger partial charge in [-0.25, -0.2) is 0 Å². The van der Waals surface area contributed by atoms with Gasteiger partial charge in [-0.05, 0) is 26.6 Å². The van der Waals surface area contributed by atoms with Gasteiger partial charge >= 0.3 is 0 Å². The van der Waals surface area contributed by atoms with Crippen molar-refractivity contribution >= 4 is 14.0 Å². The molecule has 88 valence electrons. The minimum Gasteiger partial charge on any atom is -0.456 e. The normalized spacial score (nSPS) is 14.9. The highest BCUT2D eigenvalue weighted by Gasteiger charge is 2.20. The first-order valence-corrected chi connectivity index (χ1v) is 8.52. The molecule has 0 saturated heterocycles. The first-order valence-electron chi connectivity index (χ1n) is 5.11. The fraction of sp³-hybridized carbons (Fsp3) is 0.889. The van der Waals surface area contributed by atoms with Crippen molar-refractivity contribution < 1.29 is 9.45 Å². The predicted octanol–water partition coefficient (Wildman–Crippen LogP) is 2.66. The molecule has 0 aromatic heterocycles. The molecule has 1 unspecified atom stereocenters. The molecule has 15 heavy (non-hydrogen) atoms. The Bertz CT molecular complexity index is 248. The van der Waals surface area contributed by atoms with E-state index in [9.17, 15) is 10.1 Å². The Labute approximate surface area is 91.8 Å². The van der Waals surface area contributed by atoms with E-state index >= 15 is 0 Å². The minimum atomic E-state index is -1.67. The van der Waals surface area contributed by atoms with Crippen LogP contribution in [0.25, 0.3) is 0 Å². The van der Waals surface area contributed by atoms with Crippen molar-refractivity contribution in [2.45, 2.75) is 52.4 Å². The van der Waals surface area contributed by atoms with Crippen LogP contribution in [0.5, 0.6) is 0 Å². The largest absolute Gasteiger partial charge is 0.456 e. The van der Waals surface area contributed by atoms with E-state index in [4.69, 9.17) is 4.53 Å². The maximum Gasteiger partial charge on any atom is 0.278 e. The molecule has 0 aromatic carbocycles. The van der Waals surface area contributed by atoms with Gasteiger partial charge in [0.05, 0.1) is 12.1 Å². The summed E-state index contributed by atoms with van der Waals surface area (Å²) >= 11 is 0. The van der Waals surface area contributed by atoms with Crippen molar-refractivity contribution in [3.63, 3.8) is 0 Å². The minimum absolute atomic E-state index is 0.256. The molecule has 1 atom stereocenters. The van der Waals surface area contributed by atoms with Crippen LogP contribution >= 0.6 is 0 Å². The Kier molecular flexibility index (Phi) is 5.49. The van der Waals surface area contributed by atoms with Crippen LogP contribution in [-0.2, 0) is 4.53 Å². The van der Waals surface area contributed by atoms with Gasteiger partial charge in [0.15, 0.2) is 0 Å². The van der Waals surface area contributed by atoms with E-state index in [0.717, 1.165) is 0 Å². The summed E-state index contributed by atoms with van der Waals surface area (Å²) in [5.41, 5.74) is 0.695. The summed E-state index contributed by atoms with van der Waals surface area (Å²) in [7, 11) is -1.67. The zero-order chi connectivity index (χ0) is 12.1. The Morgan fingerprint density at radius 2 is 2.07 bits per heavy atom. The number of hydrogen-bond acceptors (Lipinski definition) is 4. The molecule has 0 amide bonds. The summed E-state index contributed by atoms with van der Waals surface area (Å²) in [6, 6.07) is -0.543. The highest BCUT2D eigenvalue weighted by atomic mass is 28.4. The molecule has 0 rings (SSSR count). The lowest BCUT2D eigenvalue weighted by molar-refractivity contribution is -0.521. The molecule has 0 spiro atoms. The molecule has 6 heteroatoms. The van der Waals surface area contributed by atoms with E-state index in [1.807, 2.05) is 19.6 Å². The lowest BCUT2D eigenvalue weighted by atomic mass is 10.1. The number of rotatable bonds is 6. The Hall–Kier alpha value is -0.913. The molecule has 0 aliphatic rings. The maximum absolute atomic E-state index is 10.6. The summed E-state index contributed by atoms with van der Waals surface area (Å²) in [6.45, 7) is 9.64. The summed E-state index contributed by atoms with van der Waals surface area (Å²) in [5, 5.41) is 14.5. The van der Waals surface area contributed by atoms with Gasteiger partial charge in [0, 0.05) is 11.3 Å². The first kappa shape index (κ1) is 14.1. The third-order valence-electron chi connectivity index (χ3n) is 1.78. The topological polar surface area (TPSA) is 64.7 Å². The van der Waals surface area contributed by atoms with E-state index in [1.165, 1.54) is 0 Å². The predicted molar refractivity (Wildman–Crippen MR) is 63.2 cm³/mol. The van der Waals surface area contributed by atoms with Gasteiger partial charge < -0.3 is 4.53 Å². The van der Waals surface area contributed by atoms with Crippen LogP contribution in [0.1, 0.15) is 26.7 Å². The van der Waals surface area contributed by atoms with Crippen molar-refractivity contribution in [2.75, 3.05) is 0 Å². The second-order valence-corrected chi connectivity index (χ2v) is 8.99. The van der Waals surface area contributed by atoms with E-state index in [0.29, 0.717) is 18.6 Å². The van der Waals surface area contributed by atoms with Gasteiger partial charge in [0.2, 0.25) is 6.04 Å². The third-order valence-corrected chi connectivity index (χ3v) is 2.41. The summed E-state index contributed by atoms with van der Waals surface area (Å²) < 4.78 is 5.32. The lowest BCUT2D eigenvalue weighted by Crippen LogP contribution is -2.25. The molecule has 0 aliphatic carbocycles. The van der Waals surface area contributed by atoms with E-state index < -0.39 is 14.4 Å². The van der Waals surface area contributed by atoms with Gasteiger partial charge in [0.25, 0.3) is 8.32 Å². The van der Waals surface area contributed by atoms with Crippen LogP contribution in [-0.4, -0.2) is 25.0 Å². The Morgan fingerprint density at radius 1 is 1.53 bits per heavy atom.